The van der Waals surface area contributed by atoms with E-state index in [9.17, 15) is 0 Å². The van der Waals surface area contributed by atoms with Crippen LogP contribution in [0.4, 0.5) is 17.1 Å². The van der Waals surface area contributed by atoms with Crippen molar-refractivity contribution in [1.29, 1.82) is 0 Å². The third-order valence-corrected chi connectivity index (χ3v) is 12.0. The van der Waals surface area contributed by atoms with Gasteiger partial charge in [-0.25, -0.2) is 0 Å². The van der Waals surface area contributed by atoms with Crippen molar-refractivity contribution >= 4 is 49.8 Å². The van der Waals surface area contributed by atoms with Gasteiger partial charge in [0.15, 0.2) is 0 Å². The first-order valence-corrected chi connectivity index (χ1v) is 19.8. The number of anilines is 3. The summed E-state index contributed by atoms with van der Waals surface area (Å²) >= 11 is 0. The number of furan rings is 1. The average Bonchev–Trinajstić information content (AvgIpc) is 3.76. The van der Waals surface area contributed by atoms with Gasteiger partial charge >= 0.3 is 0 Å². The lowest BCUT2D eigenvalue weighted by atomic mass is 9.81. The van der Waals surface area contributed by atoms with E-state index in [2.05, 4.69) is 219 Å². The number of fused-ring (bicyclic) bond motifs is 8. The quantitative estimate of drug-likeness (QED) is 0.169. The van der Waals surface area contributed by atoms with Crippen LogP contribution in [-0.4, -0.2) is 0 Å². The summed E-state index contributed by atoms with van der Waals surface area (Å²) < 4.78 is 6.55. The smallest absolute Gasteiger partial charge is 0.143 e. The van der Waals surface area contributed by atoms with Crippen molar-refractivity contribution in [2.24, 2.45) is 0 Å². The van der Waals surface area contributed by atoms with Crippen molar-refractivity contribution in [2.45, 2.75) is 19.3 Å². The highest BCUT2D eigenvalue weighted by Gasteiger charge is 2.39. The number of benzene rings is 9. The molecular formula is C55H39NO. The normalized spacial score (nSPS) is 12.9. The SMILES string of the molecule is CC1(C)c2ccccc2-c2cccc(N(c3ccc(-c4cccc(-c5ccccc5)c4)cc3)c3ccccc3-c3ccc4oc5c6ccccc6ccc5c4c3)c21. The van der Waals surface area contributed by atoms with Gasteiger partial charge < -0.3 is 9.32 Å². The first-order chi connectivity index (χ1) is 28.0. The Morgan fingerprint density at radius 2 is 1.04 bits per heavy atom. The van der Waals surface area contributed by atoms with Gasteiger partial charge in [-0.3, -0.25) is 0 Å². The van der Waals surface area contributed by atoms with Crippen LogP contribution < -0.4 is 4.90 Å². The molecule has 0 bridgehead atoms. The summed E-state index contributed by atoms with van der Waals surface area (Å²) in [6.45, 7) is 4.74. The first kappa shape index (κ1) is 33.2. The Balaban J connectivity index is 1.09. The molecule has 270 valence electrons. The zero-order valence-electron chi connectivity index (χ0n) is 31.9. The van der Waals surface area contributed by atoms with E-state index < -0.39 is 0 Å². The second-order valence-corrected chi connectivity index (χ2v) is 15.7. The average molecular weight is 730 g/mol. The molecule has 57 heavy (non-hydrogen) atoms. The van der Waals surface area contributed by atoms with Gasteiger partial charge in [0.1, 0.15) is 11.2 Å². The number of hydrogen-bond acceptors (Lipinski definition) is 2. The van der Waals surface area contributed by atoms with Gasteiger partial charge in [-0.2, -0.15) is 0 Å². The van der Waals surface area contributed by atoms with Crippen LogP contribution in [0.1, 0.15) is 25.0 Å². The largest absolute Gasteiger partial charge is 0.455 e. The third-order valence-electron chi connectivity index (χ3n) is 12.0. The summed E-state index contributed by atoms with van der Waals surface area (Å²) in [6, 6.07) is 72.6. The van der Waals surface area contributed by atoms with Gasteiger partial charge in [0.05, 0.1) is 11.4 Å². The monoisotopic (exact) mass is 729 g/mol. The molecule has 1 aromatic heterocycles. The van der Waals surface area contributed by atoms with Gasteiger partial charge in [-0.1, -0.05) is 166 Å². The van der Waals surface area contributed by atoms with Crippen LogP contribution in [0.2, 0.25) is 0 Å². The molecule has 0 saturated carbocycles. The topological polar surface area (TPSA) is 16.4 Å². The van der Waals surface area contributed by atoms with Crippen molar-refractivity contribution in [2.75, 3.05) is 4.90 Å². The van der Waals surface area contributed by atoms with Crippen molar-refractivity contribution in [3.05, 3.63) is 211 Å². The van der Waals surface area contributed by atoms with E-state index in [0.29, 0.717) is 0 Å². The molecule has 2 heteroatoms. The molecule has 0 fully saturated rings. The maximum absolute atomic E-state index is 6.55. The number of nitrogens with zero attached hydrogens (tertiary/aromatic N) is 1. The van der Waals surface area contributed by atoms with E-state index in [0.717, 1.165) is 49.8 Å². The molecular weight excluding hydrogens is 691 g/mol. The lowest BCUT2D eigenvalue weighted by Crippen LogP contribution is -2.21. The lowest BCUT2D eigenvalue weighted by Gasteiger charge is -2.33. The van der Waals surface area contributed by atoms with Crippen LogP contribution in [0, 0.1) is 0 Å². The van der Waals surface area contributed by atoms with Gasteiger partial charge in [-0.05, 0) is 104 Å². The van der Waals surface area contributed by atoms with Crippen LogP contribution in [-0.2, 0) is 5.41 Å². The minimum atomic E-state index is -0.203. The lowest BCUT2D eigenvalue weighted by molar-refractivity contribution is 0.661. The van der Waals surface area contributed by atoms with E-state index in [4.69, 9.17) is 4.42 Å². The molecule has 10 aromatic rings. The summed E-state index contributed by atoms with van der Waals surface area (Å²) in [5, 5.41) is 4.57. The number of rotatable bonds is 6. The minimum absolute atomic E-state index is 0.203. The second-order valence-electron chi connectivity index (χ2n) is 15.7. The zero-order chi connectivity index (χ0) is 38.1. The first-order valence-electron chi connectivity index (χ1n) is 19.8. The molecule has 1 aliphatic rings. The predicted octanol–water partition coefficient (Wildman–Crippen LogP) is 15.5. The molecule has 0 spiro atoms. The molecule has 2 nitrogen and oxygen atoms in total. The Morgan fingerprint density at radius 1 is 0.404 bits per heavy atom. The van der Waals surface area contributed by atoms with Crippen LogP contribution in [0.5, 0.6) is 0 Å². The molecule has 1 aliphatic carbocycles. The van der Waals surface area contributed by atoms with E-state index >= 15 is 0 Å². The van der Waals surface area contributed by atoms with Crippen molar-refractivity contribution < 1.29 is 4.42 Å². The third kappa shape index (κ3) is 5.33. The summed E-state index contributed by atoms with van der Waals surface area (Å²) in [5.41, 5.74) is 17.4. The number of para-hydroxylation sites is 1. The van der Waals surface area contributed by atoms with Crippen LogP contribution in [0.25, 0.3) is 77.2 Å². The van der Waals surface area contributed by atoms with Crippen LogP contribution in [0.15, 0.2) is 205 Å². The van der Waals surface area contributed by atoms with Crippen LogP contribution >= 0.6 is 0 Å². The molecule has 0 radical (unpaired) electrons. The maximum Gasteiger partial charge on any atom is 0.143 e. The fourth-order valence-corrected chi connectivity index (χ4v) is 9.31. The molecule has 0 atom stereocenters. The van der Waals surface area contributed by atoms with Crippen molar-refractivity contribution in [3.8, 4) is 44.5 Å². The maximum atomic E-state index is 6.55. The summed E-state index contributed by atoms with van der Waals surface area (Å²) in [6.07, 6.45) is 0. The van der Waals surface area contributed by atoms with E-state index in [1.807, 2.05) is 0 Å². The molecule has 11 rings (SSSR count). The highest BCUT2D eigenvalue weighted by Crippen LogP contribution is 2.55. The van der Waals surface area contributed by atoms with Gasteiger partial charge in [0, 0.05) is 32.8 Å². The van der Waals surface area contributed by atoms with E-state index in [-0.39, 0.29) is 5.41 Å². The molecule has 0 unspecified atom stereocenters. The Hall–Kier alpha value is -7.16. The highest BCUT2D eigenvalue weighted by molar-refractivity contribution is 6.15. The predicted molar refractivity (Wildman–Crippen MR) is 240 cm³/mol. The Morgan fingerprint density at radius 3 is 1.88 bits per heavy atom. The van der Waals surface area contributed by atoms with Crippen LogP contribution in [0.3, 0.4) is 0 Å². The van der Waals surface area contributed by atoms with Gasteiger partial charge in [-0.15, -0.1) is 0 Å². The molecule has 0 aliphatic heterocycles. The standard InChI is InChI=1S/C55H39NO/c1-55(2)49-23-10-8-21-45(49)46-22-13-25-51(53(46)55)56(42-30-26-37(27-31-42)40-18-12-17-39(34-40)36-14-4-3-5-15-36)50-24-11-9-19-43(50)41-29-33-52-48(35-41)47-32-28-38-16-6-7-20-44(38)54(47)57-52/h3-35H,1-2H3. The minimum Gasteiger partial charge on any atom is -0.455 e. The Kier molecular flexibility index (Phi) is 7.55. The Labute approximate surface area is 332 Å². The van der Waals surface area contributed by atoms with Gasteiger partial charge in [0.2, 0.25) is 0 Å². The summed E-state index contributed by atoms with van der Waals surface area (Å²) in [5.74, 6) is 0. The molecule has 0 saturated heterocycles. The van der Waals surface area contributed by atoms with Gasteiger partial charge in [0.25, 0.3) is 0 Å². The van der Waals surface area contributed by atoms with E-state index in [1.165, 1.54) is 55.6 Å². The molecule has 9 aromatic carbocycles. The summed E-state index contributed by atoms with van der Waals surface area (Å²) in [4.78, 5) is 2.48. The molecule has 1 heterocycles. The highest BCUT2D eigenvalue weighted by atomic mass is 16.3. The zero-order valence-corrected chi connectivity index (χ0v) is 31.9. The molecule has 0 amide bonds. The number of hydrogen-bond donors (Lipinski definition) is 0. The van der Waals surface area contributed by atoms with Crippen molar-refractivity contribution in [3.63, 3.8) is 0 Å². The van der Waals surface area contributed by atoms with Crippen molar-refractivity contribution in [1.82, 2.24) is 0 Å². The summed E-state index contributed by atoms with van der Waals surface area (Å²) in [7, 11) is 0. The second kappa shape index (κ2) is 13.0. The fourth-order valence-electron chi connectivity index (χ4n) is 9.31. The fraction of sp³-hybridized carbons (Fsp3) is 0.0545. The molecule has 0 N–H and O–H groups in total. The Bertz CT molecular complexity index is 3150. The van der Waals surface area contributed by atoms with E-state index in [1.54, 1.807) is 0 Å².